The van der Waals surface area contributed by atoms with E-state index in [0.717, 1.165) is 29.0 Å². The fourth-order valence-corrected chi connectivity index (χ4v) is 4.48. The van der Waals surface area contributed by atoms with Crippen LogP contribution in [0.3, 0.4) is 0 Å². The van der Waals surface area contributed by atoms with Crippen LogP contribution in [0, 0.1) is 11.3 Å². The highest BCUT2D eigenvalue weighted by Crippen LogP contribution is 2.55. The number of thiophene rings is 1. The molecule has 0 saturated heterocycles. The minimum absolute atomic E-state index is 0.265. The molecule has 0 amide bonds. The summed E-state index contributed by atoms with van der Waals surface area (Å²) in [5, 5.41) is 1.08. The molecule has 2 aliphatic carbocycles. The third-order valence-corrected chi connectivity index (χ3v) is 6.31. The minimum atomic E-state index is -0.265. The molecule has 0 radical (unpaired) electrons. The Morgan fingerprint density at radius 2 is 2.24 bits per heavy atom. The van der Waals surface area contributed by atoms with Crippen LogP contribution in [-0.2, 0) is 17.6 Å². The Morgan fingerprint density at radius 1 is 1.43 bits per heavy atom. The molecular formula is C17H19NO2S. The van der Waals surface area contributed by atoms with Crippen LogP contribution in [0.2, 0.25) is 0 Å². The van der Waals surface area contributed by atoms with Crippen molar-refractivity contribution >= 4 is 27.5 Å². The van der Waals surface area contributed by atoms with Gasteiger partial charge in [-0.05, 0) is 61.1 Å². The number of aromatic nitrogens is 1. The van der Waals surface area contributed by atoms with Crippen LogP contribution in [-0.4, -0.2) is 18.1 Å². The lowest BCUT2D eigenvalue weighted by Gasteiger charge is -2.28. The smallest absolute Gasteiger partial charge is 0.348 e. The maximum Gasteiger partial charge on any atom is 0.348 e. The molecule has 4 rings (SSSR count). The van der Waals surface area contributed by atoms with Crippen molar-refractivity contribution in [1.29, 1.82) is 0 Å². The molecule has 0 aromatic carbocycles. The van der Waals surface area contributed by atoms with Gasteiger partial charge in [-0.15, -0.1) is 11.3 Å². The Labute approximate surface area is 128 Å². The highest BCUT2D eigenvalue weighted by Gasteiger charge is 2.45. The van der Waals surface area contributed by atoms with Gasteiger partial charge >= 0.3 is 5.97 Å². The van der Waals surface area contributed by atoms with Crippen LogP contribution in [0.5, 0.6) is 0 Å². The van der Waals surface area contributed by atoms with E-state index in [0.29, 0.717) is 10.3 Å². The standard InChI is InChI=1S/C17H19NO2S/c1-17(5-6-17)12-3-4-13-10(8-12)7-11-9-14(16(19)20-2)21-15(11)18-13/h7,9,12H,3-6,8H2,1-2H3/t12-/m0/s1. The molecule has 3 nitrogen and oxygen atoms in total. The van der Waals surface area contributed by atoms with E-state index in [1.165, 1.54) is 49.0 Å². The van der Waals surface area contributed by atoms with Crippen molar-refractivity contribution < 1.29 is 9.53 Å². The molecule has 0 bridgehead atoms. The van der Waals surface area contributed by atoms with Crippen LogP contribution in [0.1, 0.15) is 47.1 Å². The number of carbonyl (C=O) groups excluding carboxylic acids is 1. The number of esters is 1. The fourth-order valence-electron chi connectivity index (χ4n) is 3.52. The second kappa shape index (κ2) is 4.54. The summed E-state index contributed by atoms with van der Waals surface area (Å²) in [7, 11) is 1.42. The van der Waals surface area contributed by atoms with Gasteiger partial charge in [-0.25, -0.2) is 9.78 Å². The summed E-state index contributed by atoms with van der Waals surface area (Å²) < 4.78 is 4.81. The molecular weight excluding hydrogens is 282 g/mol. The lowest BCUT2D eigenvalue weighted by atomic mass is 9.77. The number of aryl methyl sites for hydroxylation is 1. The first-order valence-corrected chi connectivity index (χ1v) is 8.41. The molecule has 2 aromatic rings. The highest BCUT2D eigenvalue weighted by atomic mass is 32.1. The normalized spacial score (nSPS) is 22.9. The predicted molar refractivity (Wildman–Crippen MR) is 83.8 cm³/mol. The molecule has 1 atom stereocenters. The third-order valence-electron chi connectivity index (χ3n) is 5.28. The average Bonchev–Trinajstić information content (AvgIpc) is 3.11. The highest BCUT2D eigenvalue weighted by molar-refractivity contribution is 7.20. The Balaban J connectivity index is 1.71. The Hall–Kier alpha value is -1.42. The van der Waals surface area contributed by atoms with Crippen molar-refractivity contribution in [3.63, 3.8) is 0 Å². The summed E-state index contributed by atoms with van der Waals surface area (Å²) in [5.74, 6) is 0.544. The van der Waals surface area contributed by atoms with Gasteiger partial charge in [0.25, 0.3) is 0 Å². The van der Waals surface area contributed by atoms with E-state index in [4.69, 9.17) is 9.72 Å². The second-order valence-corrected chi connectivity index (χ2v) is 7.72. The SMILES string of the molecule is COC(=O)c1cc2cc3c(nc2s1)CC[C@H](C1(C)CC1)C3. The van der Waals surface area contributed by atoms with Gasteiger partial charge in [0.2, 0.25) is 0 Å². The molecule has 110 valence electrons. The fraction of sp³-hybridized carbons (Fsp3) is 0.529. The summed E-state index contributed by atoms with van der Waals surface area (Å²) >= 11 is 1.44. The molecule has 1 fully saturated rings. The van der Waals surface area contributed by atoms with Gasteiger partial charge in [-0.2, -0.15) is 0 Å². The van der Waals surface area contributed by atoms with Gasteiger partial charge in [0.05, 0.1) is 7.11 Å². The molecule has 0 N–H and O–H groups in total. The van der Waals surface area contributed by atoms with Crippen LogP contribution in [0.4, 0.5) is 0 Å². The topological polar surface area (TPSA) is 39.2 Å². The summed E-state index contributed by atoms with van der Waals surface area (Å²) in [5.41, 5.74) is 3.21. The first kappa shape index (κ1) is 13.3. The van der Waals surface area contributed by atoms with Crippen molar-refractivity contribution in [2.24, 2.45) is 11.3 Å². The molecule has 1 saturated carbocycles. The molecule has 2 heterocycles. The largest absolute Gasteiger partial charge is 0.465 e. The van der Waals surface area contributed by atoms with E-state index < -0.39 is 0 Å². The monoisotopic (exact) mass is 301 g/mol. The predicted octanol–water partition coefficient (Wildman–Crippen LogP) is 3.99. The van der Waals surface area contributed by atoms with Crippen LogP contribution in [0.15, 0.2) is 12.1 Å². The number of carbonyl (C=O) groups is 1. The molecule has 21 heavy (non-hydrogen) atoms. The Kier molecular flexibility index (Phi) is 2.86. The summed E-state index contributed by atoms with van der Waals surface area (Å²) in [6.45, 7) is 2.43. The molecule has 4 heteroatoms. The van der Waals surface area contributed by atoms with E-state index in [1.54, 1.807) is 0 Å². The number of hydrogen-bond acceptors (Lipinski definition) is 4. The summed E-state index contributed by atoms with van der Waals surface area (Å²) in [6.07, 6.45) is 6.26. The van der Waals surface area contributed by atoms with Gasteiger partial charge in [-0.3, -0.25) is 0 Å². The van der Waals surface area contributed by atoms with Gasteiger partial charge in [0.1, 0.15) is 9.71 Å². The number of rotatable bonds is 2. The van der Waals surface area contributed by atoms with Crippen molar-refractivity contribution in [1.82, 2.24) is 4.98 Å². The average molecular weight is 301 g/mol. The Bertz CT molecular complexity index is 730. The number of hydrogen-bond donors (Lipinski definition) is 0. The van der Waals surface area contributed by atoms with Crippen molar-refractivity contribution in [3.8, 4) is 0 Å². The lowest BCUT2D eigenvalue weighted by Crippen LogP contribution is -2.22. The quantitative estimate of drug-likeness (QED) is 0.787. The van der Waals surface area contributed by atoms with Crippen molar-refractivity contribution in [3.05, 3.63) is 28.3 Å². The third kappa shape index (κ3) is 2.16. The minimum Gasteiger partial charge on any atom is -0.465 e. The number of pyridine rings is 1. The van der Waals surface area contributed by atoms with Crippen molar-refractivity contribution in [2.45, 2.75) is 39.0 Å². The van der Waals surface area contributed by atoms with Crippen molar-refractivity contribution in [2.75, 3.05) is 7.11 Å². The molecule has 0 aliphatic heterocycles. The molecule has 2 aliphatic rings. The van der Waals surface area contributed by atoms with E-state index in [-0.39, 0.29) is 5.97 Å². The van der Waals surface area contributed by atoms with Gasteiger partial charge in [0.15, 0.2) is 0 Å². The Morgan fingerprint density at radius 3 is 2.95 bits per heavy atom. The number of nitrogens with zero attached hydrogens (tertiary/aromatic N) is 1. The molecule has 2 aromatic heterocycles. The summed E-state index contributed by atoms with van der Waals surface area (Å²) in [4.78, 5) is 18.1. The zero-order valence-electron chi connectivity index (χ0n) is 12.4. The van der Waals surface area contributed by atoms with E-state index in [1.807, 2.05) is 6.07 Å². The van der Waals surface area contributed by atoms with Gasteiger partial charge < -0.3 is 4.74 Å². The number of fused-ring (bicyclic) bond motifs is 2. The van der Waals surface area contributed by atoms with E-state index in [2.05, 4.69) is 13.0 Å². The second-order valence-electron chi connectivity index (χ2n) is 6.68. The number of ether oxygens (including phenoxy) is 1. The van der Waals surface area contributed by atoms with E-state index in [9.17, 15) is 4.79 Å². The first-order chi connectivity index (χ1) is 10.1. The zero-order valence-corrected chi connectivity index (χ0v) is 13.3. The van der Waals surface area contributed by atoms with Crippen LogP contribution in [0.25, 0.3) is 10.2 Å². The lowest BCUT2D eigenvalue weighted by molar-refractivity contribution is 0.0606. The van der Waals surface area contributed by atoms with E-state index >= 15 is 0 Å². The van der Waals surface area contributed by atoms with Crippen LogP contribution < -0.4 is 0 Å². The zero-order chi connectivity index (χ0) is 14.6. The maximum atomic E-state index is 11.7. The summed E-state index contributed by atoms with van der Waals surface area (Å²) in [6, 6.07) is 4.17. The molecule has 0 spiro atoms. The van der Waals surface area contributed by atoms with Gasteiger partial charge in [-0.1, -0.05) is 6.92 Å². The molecule has 0 unspecified atom stereocenters. The maximum absolute atomic E-state index is 11.7. The number of methoxy groups -OCH3 is 1. The van der Waals surface area contributed by atoms with Gasteiger partial charge in [0, 0.05) is 11.1 Å². The first-order valence-electron chi connectivity index (χ1n) is 7.60. The van der Waals surface area contributed by atoms with Crippen LogP contribution >= 0.6 is 11.3 Å².